The van der Waals surface area contributed by atoms with Gasteiger partial charge >= 0.3 is 0 Å². The first-order chi connectivity index (χ1) is 20.0. The van der Waals surface area contributed by atoms with Crippen LogP contribution >= 0.6 is 22.9 Å². The Balaban J connectivity index is 1.20. The van der Waals surface area contributed by atoms with E-state index in [1.54, 1.807) is 18.2 Å². The van der Waals surface area contributed by atoms with E-state index in [-0.39, 0.29) is 18.4 Å². The summed E-state index contributed by atoms with van der Waals surface area (Å²) in [5.41, 5.74) is 2.40. The van der Waals surface area contributed by atoms with E-state index in [4.69, 9.17) is 11.6 Å². The number of nitrogens with zero attached hydrogens (tertiary/aromatic N) is 4. The SMILES string of the molecule is Cc1cc(C)c2ccc(NC(=O)[C@H]3CCCN3C(=O)CN3CCC[C@H](NS(=O)(=O)/C=C/c4ccc(Cl)s4)C3=O)nc2n1. The molecular weight excluding hydrogens is 600 g/mol. The predicted molar refractivity (Wildman–Crippen MR) is 162 cm³/mol. The number of aryl methyl sites for hydroxylation is 2. The Morgan fingerprint density at radius 2 is 1.90 bits per heavy atom. The van der Waals surface area contributed by atoms with Crippen molar-refractivity contribution in [1.82, 2.24) is 24.5 Å². The summed E-state index contributed by atoms with van der Waals surface area (Å²) in [6, 6.07) is 7.22. The van der Waals surface area contributed by atoms with Crippen molar-refractivity contribution in [1.29, 1.82) is 0 Å². The van der Waals surface area contributed by atoms with Crippen LogP contribution in [0.5, 0.6) is 0 Å². The fourth-order valence-electron chi connectivity index (χ4n) is 5.32. The molecule has 3 aromatic heterocycles. The van der Waals surface area contributed by atoms with Crippen LogP contribution in [0.2, 0.25) is 4.34 Å². The maximum absolute atomic E-state index is 13.3. The highest BCUT2D eigenvalue weighted by Gasteiger charge is 2.37. The van der Waals surface area contributed by atoms with Gasteiger partial charge in [0.25, 0.3) is 0 Å². The normalized spacial score (nSPS) is 19.6. The van der Waals surface area contributed by atoms with E-state index in [2.05, 4.69) is 20.0 Å². The van der Waals surface area contributed by atoms with E-state index >= 15 is 0 Å². The molecule has 42 heavy (non-hydrogen) atoms. The molecule has 222 valence electrons. The third-order valence-electron chi connectivity index (χ3n) is 7.30. The van der Waals surface area contributed by atoms with Crippen molar-refractivity contribution in [3.63, 3.8) is 0 Å². The minimum absolute atomic E-state index is 0.235. The number of carbonyl (C=O) groups is 3. The Morgan fingerprint density at radius 3 is 2.67 bits per heavy atom. The highest BCUT2D eigenvalue weighted by Crippen LogP contribution is 2.24. The molecule has 0 aromatic carbocycles. The molecule has 0 saturated carbocycles. The number of aromatic nitrogens is 2. The lowest BCUT2D eigenvalue weighted by molar-refractivity contribution is -0.144. The van der Waals surface area contributed by atoms with Gasteiger partial charge in [-0.1, -0.05) is 11.6 Å². The summed E-state index contributed by atoms with van der Waals surface area (Å²) in [5.74, 6) is -0.837. The molecule has 11 nitrogen and oxygen atoms in total. The molecule has 2 fully saturated rings. The highest BCUT2D eigenvalue weighted by atomic mass is 35.5. The molecule has 0 aliphatic carbocycles. The fraction of sp³-hybridized carbons (Fsp3) is 0.393. The van der Waals surface area contributed by atoms with Crippen molar-refractivity contribution in [2.45, 2.75) is 51.6 Å². The van der Waals surface area contributed by atoms with Gasteiger partial charge in [0.15, 0.2) is 5.65 Å². The van der Waals surface area contributed by atoms with Crippen LogP contribution in [-0.4, -0.2) is 77.6 Å². The molecule has 3 amide bonds. The second-order valence-electron chi connectivity index (χ2n) is 10.4. The Morgan fingerprint density at radius 1 is 1.12 bits per heavy atom. The summed E-state index contributed by atoms with van der Waals surface area (Å²) in [4.78, 5) is 52.1. The zero-order chi connectivity index (χ0) is 30.0. The van der Waals surface area contributed by atoms with Gasteiger partial charge < -0.3 is 15.1 Å². The standard InChI is InChI=1S/C28H31ClN6O5S2/c1-17-15-18(2)30-26-20(17)8-10-24(31-26)32-27(37)22-6-4-13-35(22)25(36)16-34-12-3-5-21(28(34)38)33-42(39,40)14-11-19-7-9-23(29)41-19/h7-11,14-15,21-22,33H,3-6,12-13,16H2,1-2H3,(H,30,31,32,37)/b14-11+/t21-,22+/m0/s1. The quantitative estimate of drug-likeness (QED) is 0.388. The molecule has 5 heterocycles. The summed E-state index contributed by atoms with van der Waals surface area (Å²) in [6.45, 7) is 4.33. The average molecular weight is 631 g/mol. The minimum Gasteiger partial charge on any atom is -0.332 e. The number of sulfonamides is 1. The van der Waals surface area contributed by atoms with Crippen molar-refractivity contribution >= 4 is 73.6 Å². The van der Waals surface area contributed by atoms with Gasteiger partial charge in [0.05, 0.1) is 10.9 Å². The largest absolute Gasteiger partial charge is 0.332 e. The maximum atomic E-state index is 13.3. The van der Waals surface area contributed by atoms with Gasteiger partial charge in [-0.15, -0.1) is 11.3 Å². The smallest absolute Gasteiger partial charge is 0.248 e. The van der Waals surface area contributed by atoms with Crippen LogP contribution in [0.15, 0.2) is 35.7 Å². The van der Waals surface area contributed by atoms with Gasteiger partial charge in [0.1, 0.15) is 17.9 Å². The Labute approximate surface area is 253 Å². The number of likely N-dealkylation sites (tertiary alicyclic amines) is 2. The van der Waals surface area contributed by atoms with E-state index in [1.807, 2.05) is 26.0 Å². The van der Waals surface area contributed by atoms with Crippen LogP contribution in [0, 0.1) is 13.8 Å². The topological polar surface area (TPSA) is 142 Å². The molecule has 2 atom stereocenters. The number of piperidine rings is 1. The first kappa shape index (κ1) is 30.1. The lowest BCUT2D eigenvalue weighted by Crippen LogP contribution is -2.55. The van der Waals surface area contributed by atoms with Gasteiger partial charge in [-0.05, 0) is 81.5 Å². The molecule has 14 heteroatoms. The van der Waals surface area contributed by atoms with E-state index in [1.165, 1.54) is 27.2 Å². The number of rotatable bonds is 8. The number of thiophene rings is 1. The maximum Gasteiger partial charge on any atom is 0.248 e. The van der Waals surface area contributed by atoms with E-state index in [0.29, 0.717) is 59.5 Å². The van der Waals surface area contributed by atoms with Crippen LogP contribution in [0.25, 0.3) is 17.1 Å². The number of hydrogen-bond donors (Lipinski definition) is 2. The van der Waals surface area contributed by atoms with Crippen LogP contribution in [-0.2, 0) is 24.4 Å². The van der Waals surface area contributed by atoms with Gasteiger partial charge in [-0.25, -0.2) is 18.4 Å². The van der Waals surface area contributed by atoms with Crippen molar-refractivity contribution in [2.75, 3.05) is 25.0 Å². The zero-order valence-electron chi connectivity index (χ0n) is 23.2. The van der Waals surface area contributed by atoms with Crippen LogP contribution in [0.1, 0.15) is 41.8 Å². The number of carbonyl (C=O) groups excluding carboxylic acids is 3. The van der Waals surface area contributed by atoms with Gasteiger partial charge in [0, 0.05) is 34.5 Å². The second kappa shape index (κ2) is 12.5. The minimum atomic E-state index is -3.91. The fourth-order valence-corrected chi connectivity index (χ4v) is 7.39. The number of amides is 3. The second-order valence-corrected chi connectivity index (χ2v) is 13.8. The van der Waals surface area contributed by atoms with E-state index < -0.39 is 28.0 Å². The predicted octanol–water partition coefficient (Wildman–Crippen LogP) is 3.47. The molecule has 2 aliphatic heterocycles. The Hall–Kier alpha value is -3.39. The van der Waals surface area contributed by atoms with E-state index in [0.717, 1.165) is 22.1 Å². The van der Waals surface area contributed by atoms with Crippen molar-refractivity contribution in [3.8, 4) is 0 Å². The third-order valence-corrected chi connectivity index (χ3v) is 9.61. The van der Waals surface area contributed by atoms with Crippen molar-refractivity contribution in [3.05, 3.63) is 56.2 Å². The van der Waals surface area contributed by atoms with Crippen LogP contribution in [0.3, 0.4) is 0 Å². The number of nitrogens with one attached hydrogen (secondary N) is 2. The lowest BCUT2D eigenvalue weighted by atomic mass is 10.1. The van der Waals surface area contributed by atoms with Crippen LogP contribution < -0.4 is 10.0 Å². The molecule has 0 radical (unpaired) electrons. The first-order valence-electron chi connectivity index (χ1n) is 13.6. The number of hydrogen-bond acceptors (Lipinski definition) is 8. The number of pyridine rings is 2. The van der Waals surface area contributed by atoms with Crippen LogP contribution in [0.4, 0.5) is 5.82 Å². The summed E-state index contributed by atoms with van der Waals surface area (Å²) in [5, 5.41) is 4.71. The third kappa shape index (κ3) is 6.97. The summed E-state index contributed by atoms with van der Waals surface area (Å²) >= 11 is 7.12. The summed E-state index contributed by atoms with van der Waals surface area (Å²) in [7, 11) is -3.91. The van der Waals surface area contributed by atoms with Gasteiger partial charge in [-0.3, -0.25) is 14.4 Å². The molecule has 0 spiro atoms. The highest BCUT2D eigenvalue weighted by molar-refractivity contribution is 7.92. The Kier molecular flexibility index (Phi) is 8.92. The molecule has 2 saturated heterocycles. The monoisotopic (exact) mass is 630 g/mol. The average Bonchev–Trinajstić information content (AvgIpc) is 3.59. The molecule has 2 N–H and O–H groups in total. The number of anilines is 1. The number of halogens is 1. The summed E-state index contributed by atoms with van der Waals surface area (Å²) in [6.07, 6.45) is 3.40. The van der Waals surface area contributed by atoms with Gasteiger partial charge in [0.2, 0.25) is 27.7 Å². The van der Waals surface area contributed by atoms with E-state index in [9.17, 15) is 22.8 Å². The zero-order valence-corrected chi connectivity index (χ0v) is 25.6. The van der Waals surface area contributed by atoms with Crippen molar-refractivity contribution < 1.29 is 22.8 Å². The van der Waals surface area contributed by atoms with Crippen molar-refractivity contribution in [2.24, 2.45) is 0 Å². The molecule has 3 aromatic rings. The summed E-state index contributed by atoms with van der Waals surface area (Å²) < 4.78 is 28.2. The lowest BCUT2D eigenvalue weighted by Gasteiger charge is -2.33. The molecular formula is C28H31ClN6O5S2. The molecule has 5 rings (SSSR count). The molecule has 2 aliphatic rings. The Bertz CT molecular complexity index is 1670. The van der Waals surface area contributed by atoms with Gasteiger partial charge in [-0.2, -0.15) is 4.72 Å². The molecule has 0 bridgehead atoms. The number of fused-ring (bicyclic) bond motifs is 1. The molecule has 0 unspecified atom stereocenters. The first-order valence-corrected chi connectivity index (χ1v) is 16.3.